The standard InChI is InChI=1S/C12H17N3O4/c1-6-14-7(19-15-6)4-5-13-10(16)8-9(11(17)18)12(8,2)3/h8-9H,4-5H2,1-3H3,(H,13,16)(H,17,18)/t8-,9+/m1/s1. The summed E-state index contributed by atoms with van der Waals surface area (Å²) in [7, 11) is 0. The van der Waals surface area contributed by atoms with Crippen LogP contribution in [0, 0.1) is 24.2 Å². The van der Waals surface area contributed by atoms with E-state index in [1.165, 1.54) is 0 Å². The number of carbonyl (C=O) groups excluding carboxylic acids is 1. The van der Waals surface area contributed by atoms with Crippen molar-refractivity contribution >= 4 is 11.9 Å². The summed E-state index contributed by atoms with van der Waals surface area (Å²) in [6, 6.07) is 0. The van der Waals surface area contributed by atoms with E-state index in [4.69, 9.17) is 9.63 Å². The molecule has 2 atom stereocenters. The molecule has 7 heteroatoms. The Morgan fingerprint density at radius 1 is 1.42 bits per heavy atom. The highest BCUT2D eigenvalue weighted by Gasteiger charge is 2.65. The number of carboxylic acids is 1. The van der Waals surface area contributed by atoms with E-state index in [0.717, 1.165) is 0 Å². The Labute approximate surface area is 110 Å². The van der Waals surface area contributed by atoms with E-state index in [-0.39, 0.29) is 5.91 Å². The maximum absolute atomic E-state index is 11.9. The van der Waals surface area contributed by atoms with Gasteiger partial charge < -0.3 is 14.9 Å². The molecule has 0 saturated heterocycles. The molecule has 1 heterocycles. The van der Waals surface area contributed by atoms with Gasteiger partial charge in [-0.05, 0) is 12.3 Å². The van der Waals surface area contributed by atoms with E-state index in [0.29, 0.717) is 24.7 Å². The van der Waals surface area contributed by atoms with Crippen LogP contribution >= 0.6 is 0 Å². The second kappa shape index (κ2) is 4.64. The van der Waals surface area contributed by atoms with Crippen molar-refractivity contribution in [3.8, 4) is 0 Å². The van der Waals surface area contributed by atoms with Gasteiger partial charge in [-0.15, -0.1) is 0 Å². The van der Waals surface area contributed by atoms with Gasteiger partial charge in [0.25, 0.3) is 0 Å². The van der Waals surface area contributed by atoms with Gasteiger partial charge in [0.2, 0.25) is 11.8 Å². The van der Waals surface area contributed by atoms with Crippen LogP contribution < -0.4 is 5.32 Å². The zero-order valence-electron chi connectivity index (χ0n) is 11.1. The molecule has 2 rings (SSSR count). The summed E-state index contributed by atoms with van der Waals surface area (Å²) in [5.41, 5.74) is -0.475. The first kappa shape index (κ1) is 13.5. The molecule has 1 fully saturated rings. The van der Waals surface area contributed by atoms with Crippen LogP contribution in [0.2, 0.25) is 0 Å². The molecule has 1 aromatic heterocycles. The number of nitrogens with one attached hydrogen (secondary N) is 1. The Morgan fingerprint density at radius 2 is 2.11 bits per heavy atom. The molecule has 1 aliphatic carbocycles. The summed E-state index contributed by atoms with van der Waals surface area (Å²) >= 11 is 0. The summed E-state index contributed by atoms with van der Waals surface area (Å²) in [6.45, 7) is 5.66. The molecule has 1 aromatic rings. The van der Waals surface area contributed by atoms with Crippen LogP contribution in [0.4, 0.5) is 0 Å². The van der Waals surface area contributed by atoms with Gasteiger partial charge in [0, 0.05) is 13.0 Å². The molecule has 0 unspecified atom stereocenters. The lowest BCUT2D eigenvalue weighted by Crippen LogP contribution is -2.29. The molecule has 0 aliphatic heterocycles. The Morgan fingerprint density at radius 3 is 2.58 bits per heavy atom. The highest BCUT2D eigenvalue weighted by Crippen LogP contribution is 2.58. The van der Waals surface area contributed by atoms with E-state index < -0.39 is 23.2 Å². The zero-order chi connectivity index (χ0) is 14.2. The second-order valence-electron chi connectivity index (χ2n) is 5.39. The quantitative estimate of drug-likeness (QED) is 0.799. The van der Waals surface area contributed by atoms with Crippen molar-refractivity contribution in [3.63, 3.8) is 0 Å². The van der Waals surface area contributed by atoms with Crippen LogP contribution in [0.3, 0.4) is 0 Å². The highest BCUT2D eigenvalue weighted by atomic mass is 16.5. The number of aryl methyl sites for hydroxylation is 1. The number of amides is 1. The SMILES string of the molecule is Cc1noc(CCNC(=O)[C@H]2[C@@H](C(=O)O)C2(C)C)n1. The molecular formula is C12H17N3O4. The first-order valence-corrected chi connectivity index (χ1v) is 6.13. The Bertz CT molecular complexity index is 509. The molecule has 2 N–H and O–H groups in total. The molecule has 0 bridgehead atoms. The third-order valence-electron chi connectivity index (χ3n) is 3.58. The first-order chi connectivity index (χ1) is 8.84. The number of hydrogen-bond donors (Lipinski definition) is 2. The molecule has 0 aromatic carbocycles. The number of carboxylic acid groups (broad SMARTS) is 1. The van der Waals surface area contributed by atoms with E-state index in [1.807, 2.05) is 0 Å². The van der Waals surface area contributed by atoms with Crippen LogP contribution in [0.1, 0.15) is 25.6 Å². The zero-order valence-corrected chi connectivity index (χ0v) is 11.1. The van der Waals surface area contributed by atoms with Gasteiger partial charge in [-0.2, -0.15) is 4.98 Å². The summed E-state index contributed by atoms with van der Waals surface area (Å²) in [5, 5.41) is 15.4. The van der Waals surface area contributed by atoms with E-state index in [1.54, 1.807) is 20.8 Å². The summed E-state index contributed by atoms with van der Waals surface area (Å²) in [5.74, 6) is -1.20. The number of carbonyl (C=O) groups is 2. The fraction of sp³-hybridized carbons (Fsp3) is 0.667. The number of aromatic nitrogens is 2. The summed E-state index contributed by atoms with van der Waals surface area (Å²) in [4.78, 5) is 26.9. The molecule has 104 valence electrons. The largest absolute Gasteiger partial charge is 0.481 e. The number of rotatable bonds is 5. The van der Waals surface area contributed by atoms with Gasteiger partial charge in [-0.1, -0.05) is 19.0 Å². The molecule has 19 heavy (non-hydrogen) atoms. The Balaban J connectivity index is 1.81. The third-order valence-corrected chi connectivity index (χ3v) is 3.58. The van der Waals surface area contributed by atoms with Gasteiger partial charge in [0.15, 0.2) is 5.82 Å². The molecule has 1 saturated carbocycles. The monoisotopic (exact) mass is 267 g/mol. The normalized spacial score (nSPS) is 23.9. The maximum atomic E-state index is 11.9. The minimum absolute atomic E-state index is 0.228. The number of hydrogen-bond acceptors (Lipinski definition) is 5. The Hall–Kier alpha value is -1.92. The van der Waals surface area contributed by atoms with Crippen molar-refractivity contribution in [2.24, 2.45) is 17.3 Å². The lowest BCUT2D eigenvalue weighted by Gasteiger charge is -2.04. The predicted octanol–water partition coefficient (Wildman–Crippen LogP) is 0.394. The molecule has 0 radical (unpaired) electrons. The van der Waals surface area contributed by atoms with Crippen LogP contribution in [0.15, 0.2) is 4.52 Å². The van der Waals surface area contributed by atoms with Gasteiger partial charge in [-0.3, -0.25) is 9.59 Å². The Kier molecular flexibility index (Phi) is 3.30. The fourth-order valence-corrected chi connectivity index (χ4v) is 2.43. The average molecular weight is 267 g/mol. The van der Waals surface area contributed by atoms with Crippen LogP contribution in [-0.2, 0) is 16.0 Å². The number of nitrogens with zero attached hydrogens (tertiary/aromatic N) is 2. The number of aliphatic carboxylic acids is 1. The fourth-order valence-electron chi connectivity index (χ4n) is 2.43. The van der Waals surface area contributed by atoms with E-state index in [2.05, 4.69) is 15.5 Å². The van der Waals surface area contributed by atoms with Gasteiger partial charge in [0.05, 0.1) is 11.8 Å². The average Bonchev–Trinajstić information content (AvgIpc) is 2.65. The molecule has 0 spiro atoms. The summed E-state index contributed by atoms with van der Waals surface area (Å²) < 4.78 is 4.92. The first-order valence-electron chi connectivity index (χ1n) is 6.13. The van der Waals surface area contributed by atoms with Crippen molar-refractivity contribution in [2.75, 3.05) is 6.54 Å². The van der Waals surface area contributed by atoms with E-state index in [9.17, 15) is 9.59 Å². The van der Waals surface area contributed by atoms with Crippen molar-refractivity contribution in [2.45, 2.75) is 27.2 Å². The van der Waals surface area contributed by atoms with Crippen LogP contribution in [-0.4, -0.2) is 33.7 Å². The minimum atomic E-state index is -0.919. The van der Waals surface area contributed by atoms with Crippen molar-refractivity contribution < 1.29 is 19.2 Å². The molecular weight excluding hydrogens is 250 g/mol. The maximum Gasteiger partial charge on any atom is 0.307 e. The predicted molar refractivity (Wildman–Crippen MR) is 64.1 cm³/mol. The lowest BCUT2D eigenvalue weighted by atomic mass is 10.1. The van der Waals surface area contributed by atoms with Crippen molar-refractivity contribution in [3.05, 3.63) is 11.7 Å². The molecule has 1 amide bonds. The lowest BCUT2D eigenvalue weighted by molar-refractivity contribution is -0.140. The van der Waals surface area contributed by atoms with Crippen LogP contribution in [0.5, 0.6) is 0 Å². The van der Waals surface area contributed by atoms with Crippen LogP contribution in [0.25, 0.3) is 0 Å². The highest BCUT2D eigenvalue weighted by molar-refractivity contribution is 5.91. The third kappa shape index (κ3) is 2.59. The van der Waals surface area contributed by atoms with Gasteiger partial charge in [-0.25, -0.2) is 0 Å². The van der Waals surface area contributed by atoms with E-state index >= 15 is 0 Å². The van der Waals surface area contributed by atoms with Crippen molar-refractivity contribution in [1.29, 1.82) is 0 Å². The second-order valence-corrected chi connectivity index (χ2v) is 5.39. The summed E-state index contributed by atoms with van der Waals surface area (Å²) in [6.07, 6.45) is 0.442. The molecule has 7 nitrogen and oxygen atoms in total. The van der Waals surface area contributed by atoms with Gasteiger partial charge >= 0.3 is 5.97 Å². The minimum Gasteiger partial charge on any atom is -0.481 e. The van der Waals surface area contributed by atoms with Gasteiger partial charge in [0.1, 0.15) is 0 Å². The topological polar surface area (TPSA) is 105 Å². The molecule has 1 aliphatic rings. The smallest absolute Gasteiger partial charge is 0.307 e. The van der Waals surface area contributed by atoms with Crippen molar-refractivity contribution in [1.82, 2.24) is 15.5 Å².